The lowest BCUT2D eigenvalue weighted by Gasteiger charge is -2.28. The van der Waals surface area contributed by atoms with Crippen LogP contribution in [0.5, 0.6) is 17.4 Å². The van der Waals surface area contributed by atoms with Crippen molar-refractivity contribution in [3.63, 3.8) is 0 Å². The number of aromatic nitrogens is 3. The van der Waals surface area contributed by atoms with Gasteiger partial charge in [0, 0.05) is 30.3 Å². The molecule has 42 heavy (non-hydrogen) atoms. The van der Waals surface area contributed by atoms with Crippen LogP contribution >= 0.6 is 0 Å². The summed E-state index contributed by atoms with van der Waals surface area (Å²) in [5.74, 6) is 0.656. The number of nitrogens with zero attached hydrogens (tertiary/aromatic N) is 2. The van der Waals surface area contributed by atoms with Gasteiger partial charge in [-0.05, 0) is 78.4 Å². The zero-order chi connectivity index (χ0) is 29.8. The first-order chi connectivity index (χ1) is 20.0. The second kappa shape index (κ2) is 10.2. The molecule has 0 saturated carbocycles. The van der Waals surface area contributed by atoms with Crippen LogP contribution in [0.3, 0.4) is 0 Å². The van der Waals surface area contributed by atoms with Crippen molar-refractivity contribution >= 4 is 27.6 Å². The molecule has 0 radical (unpaired) electrons. The average molecular weight is 566 g/mol. The first-order valence-electron chi connectivity index (χ1n) is 13.7. The van der Waals surface area contributed by atoms with E-state index in [0.717, 1.165) is 50.4 Å². The number of H-pyrrole nitrogens is 1. The SMILES string of the molecule is COc1[nH]c(=O)ncc1-c1ccc2c(-c3c(OC(C)(C)C)cc4c5c(ccnc35)CCO4)c(CC(=O)O)c(C)cc2c1. The first-order valence-corrected chi connectivity index (χ1v) is 13.7. The summed E-state index contributed by atoms with van der Waals surface area (Å²) in [5, 5.41) is 12.6. The monoisotopic (exact) mass is 565 g/mol. The van der Waals surface area contributed by atoms with E-state index in [1.165, 1.54) is 13.3 Å². The Kier molecular flexibility index (Phi) is 6.60. The molecule has 214 valence electrons. The van der Waals surface area contributed by atoms with Crippen LogP contribution in [0.15, 0.2) is 53.6 Å². The number of hydrogen-bond acceptors (Lipinski definition) is 7. The summed E-state index contributed by atoms with van der Waals surface area (Å²) >= 11 is 0. The summed E-state index contributed by atoms with van der Waals surface area (Å²) in [6.07, 6.45) is 3.85. The molecule has 0 bridgehead atoms. The van der Waals surface area contributed by atoms with E-state index in [-0.39, 0.29) is 6.42 Å². The van der Waals surface area contributed by atoms with Crippen LogP contribution in [-0.4, -0.2) is 45.3 Å². The zero-order valence-corrected chi connectivity index (χ0v) is 24.1. The summed E-state index contributed by atoms with van der Waals surface area (Å²) < 4.78 is 18.1. The molecule has 0 spiro atoms. The third-order valence-electron chi connectivity index (χ3n) is 7.41. The Morgan fingerprint density at radius 2 is 1.93 bits per heavy atom. The van der Waals surface area contributed by atoms with E-state index in [2.05, 4.69) is 9.97 Å². The van der Waals surface area contributed by atoms with E-state index < -0.39 is 17.3 Å². The van der Waals surface area contributed by atoms with Crippen molar-refractivity contribution in [2.75, 3.05) is 13.7 Å². The van der Waals surface area contributed by atoms with E-state index in [9.17, 15) is 14.7 Å². The van der Waals surface area contributed by atoms with Crippen LogP contribution < -0.4 is 19.9 Å². The van der Waals surface area contributed by atoms with Gasteiger partial charge in [0.15, 0.2) is 0 Å². The molecule has 1 aliphatic rings. The second-order valence-corrected chi connectivity index (χ2v) is 11.4. The highest BCUT2D eigenvalue weighted by Gasteiger charge is 2.28. The molecule has 2 aromatic heterocycles. The second-order valence-electron chi connectivity index (χ2n) is 11.4. The number of ether oxygens (including phenoxy) is 3. The van der Waals surface area contributed by atoms with Gasteiger partial charge in [0.1, 0.15) is 17.1 Å². The maximum absolute atomic E-state index is 12.2. The minimum Gasteiger partial charge on any atom is -0.492 e. The Hall–Kier alpha value is -4.92. The molecule has 2 N–H and O–H groups in total. The molecule has 0 atom stereocenters. The number of pyridine rings is 1. The Morgan fingerprint density at radius 1 is 1.12 bits per heavy atom. The van der Waals surface area contributed by atoms with Gasteiger partial charge in [0.25, 0.3) is 0 Å². The highest BCUT2D eigenvalue weighted by atomic mass is 16.5. The van der Waals surface area contributed by atoms with Crippen LogP contribution in [-0.2, 0) is 17.6 Å². The summed E-state index contributed by atoms with van der Waals surface area (Å²) in [7, 11) is 1.49. The lowest BCUT2D eigenvalue weighted by Crippen LogP contribution is -2.24. The molecule has 9 heteroatoms. The van der Waals surface area contributed by atoms with Crippen LogP contribution in [0.4, 0.5) is 0 Å². The van der Waals surface area contributed by atoms with Crippen LogP contribution in [0.25, 0.3) is 43.9 Å². The van der Waals surface area contributed by atoms with Crippen molar-refractivity contribution in [3.8, 4) is 39.6 Å². The quantitative estimate of drug-likeness (QED) is 0.262. The number of carboxylic acids is 1. The number of hydrogen-bond donors (Lipinski definition) is 2. The van der Waals surface area contributed by atoms with Crippen molar-refractivity contribution < 1.29 is 24.1 Å². The van der Waals surface area contributed by atoms with E-state index in [1.807, 2.05) is 64.1 Å². The standard InChI is InChI=1S/C33H31N3O6/c1-17-12-20-13-19(23-16-35-32(39)36-31(23)40-5)6-7-21(20)28(22(17)14-26(37)38)29-25(42-33(2,3)4)15-24-27-18(9-11-41-24)8-10-34-30(27)29/h6-8,10,12-13,15-16H,9,11,14H2,1-5H3,(H,37,38)(H,35,36,39). The van der Waals surface area contributed by atoms with Crippen molar-refractivity contribution in [1.82, 2.24) is 15.0 Å². The number of benzene rings is 3. The van der Waals surface area contributed by atoms with Crippen LogP contribution in [0, 0.1) is 6.92 Å². The zero-order valence-electron chi connectivity index (χ0n) is 24.1. The fourth-order valence-electron chi connectivity index (χ4n) is 5.76. The third-order valence-corrected chi connectivity index (χ3v) is 7.41. The molecule has 3 aromatic carbocycles. The summed E-state index contributed by atoms with van der Waals surface area (Å²) in [6.45, 7) is 8.40. The predicted molar refractivity (Wildman–Crippen MR) is 161 cm³/mol. The lowest BCUT2D eigenvalue weighted by molar-refractivity contribution is -0.136. The number of nitrogens with one attached hydrogen (secondary N) is 1. The molecule has 0 saturated heterocycles. The van der Waals surface area contributed by atoms with E-state index in [1.54, 1.807) is 6.20 Å². The molecule has 1 aliphatic heterocycles. The topological polar surface area (TPSA) is 124 Å². The highest BCUT2D eigenvalue weighted by molar-refractivity contribution is 6.11. The van der Waals surface area contributed by atoms with Gasteiger partial charge in [-0.15, -0.1) is 0 Å². The molecule has 0 unspecified atom stereocenters. The summed E-state index contributed by atoms with van der Waals surface area (Å²) in [6, 6.07) is 11.8. The van der Waals surface area contributed by atoms with E-state index in [0.29, 0.717) is 40.6 Å². The first kappa shape index (κ1) is 27.3. The Labute approximate surface area is 242 Å². The largest absolute Gasteiger partial charge is 0.492 e. The molecule has 9 nitrogen and oxygen atoms in total. The number of aromatic amines is 1. The van der Waals surface area contributed by atoms with Gasteiger partial charge >= 0.3 is 11.7 Å². The lowest BCUT2D eigenvalue weighted by atomic mass is 9.85. The molecule has 0 aliphatic carbocycles. The fourth-order valence-corrected chi connectivity index (χ4v) is 5.76. The minimum atomic E-state index is -0.934. The van der Waals surface area contributed by atoms with Gasteiger partial charge in [-0.2, -0.15) is 0 Å². The normalized spacial score (nSPS) is 12.8. The van der Waals surface area contributed by atoms with Crippen LogP contribution in [0.2, 0.25) is 0 Å². The number of fused-ring (bicyclic) bond motifs is 1. The molecule has 5 aromatic rings. The fraction of sp³-hybridized carbons (Fsp3) is 0.273. The van der Waals surface area contributed by atoms with Crippen molar-refractivity contribution in [3.05, 3.63) is 76.0 Å². The molecule has 0 amide bonds. The van der Waals surface area contributed by atoms with Crippen LogP contribution in [0.1, 0.15) is 37.5 Å². The smallest absolute Gasteiger partial charge is 0.347 e. The Morgan fingerprint density at radius 3 is 2.67 bits per heavy atom. The minimum absolute atomic E-state index is 0.176. The molecule has 3 heterocycles. The third kappa shape index (κ3) is 4.81. The molecule has 0 fully saturated rings. The van der Waals surface area contributed by atoms with Gasteiger partial charge in [-0.25, -0.2) is 9.78 Å². The maximum atomic E-state index is 12.2. The Bertz CT molecular complexity index is 1960. The summed E-state index contributed by atoms with van der Waals surface area (Å²) in [5.41, 5.74) is 5.20. The van der Waals surface area contributed by atoms with Gasteiger partial charge < -0.3 is 19.3 Å². The van der Waals surface area contributed by atoms with Crippen molar-refractivity contribution in [2.45, 2.75) is 46.1 Å². The van der Waals surface area contributed by atoms with Gasteiger partial charge in [-0.3, -0.25) is 14.8 Å². The molecular formula is C33H31N3O6. The number of aliphatic carboxylic acids is 1. The highest BCUT2D eigenvalue weighted by Crippen LogP contribution is 2.49. The predicted octanol–water partition coefficient (Wildman–Crippen LogP) is 5.86. The number of methoxy groups -OCH3 is 1. The van der Waals surface area contributed by atoms with Crippen molar-refractivity contribution in [1.29, 1.82) is 0 Å². The van der Waals surface area contributed by atoms with Crippen molar-refractivity contribution in [2.24, 2.45) is 0 Å². The van der Waals surface area contributed by atoms with E-state index in [4.69, 9.17) is 19.2 Å². The number of rotatable bonds is 6. The number of carboxylic acid groups (broad SMARTS) is 1. The molecule has 6 rings (SSSR count). The summed E-state index contributed by atoms with van der Waals surface area (Å²) in [4.78, 5) is 35.4. The number of aryl methyl sites for hydroxylation is 1. The maximum Gasteiger partial charge on any atom is 0.347 e. The van der Waals surface area contributed by atoms with Gasteiger partial charge in [0.05, 0.1) is 36.8 Å². The Balaban J connectivity index is 1.72. The van der Waals surface area contributed by atoms with E-state index >= 15 is 0 Å². The average Bonchev–Trinajstić information content (AvgIpc) is 2.93. The molecular weight excluding hydrogens is 534 g/mol. The van der Waals surface area contributed by atoms with Gasteiger partial charge in [-0.1, -0.05) is 18.2 Å². The number of carbonyl (C=O) groups is 1. The van der Waals surface area contributed by atoms with Gasteiger partial charge in [0.2, 0.25) is 5.88 Å².